The molecule has 146 valence electrons. The smallest absolute Gasteiger partial charge is 0.266 e. The third-order valence-corrected chi connectivity index (χ3v) is 12.7. The molecule has 3 aromatic carbocycles. The highest BCUT2D eigenvalue weighted by Crippen LogP contribution is 2.55. The summed E-state index contributed by atoms with van der Waals surface area (Å²) in [5.74, 6) is 0.426. The number of aliphatic imine (C=N–C) groups is 1. The summed E-state index contributed by atoms with van der Waals surface area (Å²) in [5, 5.41) is 1.84. The summed E-state index contributed by atoms with van der Waals surface area (Å²) in [6.07, 6.45) is 0. The molecule has 0 bridgehead atoms. The third-order valence-electron chi connectivity index (χ3n) is 4.73. The van der Waals surface area contributed by atoms with E-state index in [9.17, 15) is 4.79 Å². The van der Waals surface area contributed by atoms with Crippen LogP contribution in [0.3, 0.4) is 0 Å². The Hall–Kier alpha value is 0.900. The minimum Gasteiger partial charge on any atom is -0.268 e. The quantitative estimate of drug-likeness (QED) is 0.164. The lowest BCUT2D eigenvalue weighted by Gasteiger charge is -2.27. The maximum absolute atomic E-state index is 13.6. The van der Waals surface area contributed by atoms with Gasteiger partial charge in [-0.15, -0.1) is 0 Å². The molecule has 2 aliphatic heterocycles. The van der Waals surface area contributed by atoms with E-state index in [1.165, 1.54) is 0 Å². The standard InChI is InChI=1S/C18H2Br8N2O/c19-4-2-6(21)16-7-3(4)1-5(20)10(22)15(7)27-17-8-9(18(29)28(16)17)12(24)14(26)13(25)11(8)23/h1-2H. The Morgan fingerprint density at radius 3 is 1.97 bits per heavy atom. The van der Waals surface area contributed by atoms with Crippen LogP contribution < -0.4 is 4.90 Å². The normalized spacial score (nSPS) is 14.4. The maximum atomic E-state index is 13.6. The van der Waals surface area contributed by atoms with Crippen molar-refractivity contribution in [3.8, 4) is 0 Å². The van der Waals surface area contributed by atoms with Crippen LogP contribution in [-0.2, 0) is 0 Å². The second-order valence-electron chi connectivity index (χ2n) is 6.21. The molecule has 0 fully saturated rings. The Labute approximate surface area is 232 Å². The molecule has 0 unspecified atom stereocenters. The van der Waals surface area contributed by atoms with Gasteiger partial charge in [0.05, 0.1) is 21.4 Å². The summed E-state index contributed by atoms with van der Waals surface area (Å²) in [4.78, 5) is 20.2. The second-order valence-corrected chi connectivity index (χ2v) is 12.7. The highest BCUT2D eigenvalue weighted by Gasteiger charge is 2.44. The Morgan fingerprint density at radius 1 is 0.690 bits per heavy atom. The second kappa shape index (κ2) is 7.46. The number of rotatable bonds is 0. The van der Waals surface area contributed by atoms with Gasteiger partial charge in [0.15, 0.2) is 0 Å². The van der Waals surface area contributed by atoms with Crippen molar-refractivity contribution < 1.29 is 4.79 Å². The molecule has 0 spiro atoms. The summed E-state index contributed by atoms with van der Waals surface area (Å²) >= 11 is 29.0. The molecule has 2 heterocycles. The molecule has 0 radical (unpaired) electrons. The van der Waals surface area contributed by atoms with Crippen LogP contribution in [0.5, 0.6) is 0 Å². The van der Waals surface area contributed by atoms with Gasteiger partial charge in [0.2, 0.25) is 0 Å². The summed E-state index contributed by atoms with van der Waals surface area (Å²) in [5.41, 5.74) is 2.82. The first kappa shape index (κ1) is 21.7. The van der Waals surface area contributed by atoms with Gasteiger partial charge in [0.1, 0.15) is 5.84 Å². The number of anilines is 1. The van der Waals surface area contributed by atoms with E-state index in [1.807, 2.05) is 12.1 Å². The molecule has 0 atom stereocenters. The number of amidine groups is 1. The van der Waals surface area contributed by atoms with Crippen molar-refractivity contribution in [2.45, 2.75) is 0 Å². The fraction of sp³-hybridized carbons (Fsp3) is 0. The molecule has 3 aromatic rings. The highest BCUT2D eigenvalue weighted by molar-refractivity contribution is 9.15. The summed E-state index contributed by atoms with van der Waals surface area (Å²) in [7, 11) is 0. The van der Waals surface area contributed by atoms with Gasteiger partial charge >= 0.3 is 0 Å². The molecule has 0 N–H and O–H groups in total. The number of carbonyl (C=O) groups excluding carboxylic acids is 1. The fourth-order valence-electron chi connectivity index (χ4n) is 3.52. The third kappa shape index (κ3) is 2.90. The van der Waals surface area contributed by atoms with Crippen LogP contribution in [0.15, 0.2) is 52.9 Å². The van der Waals surface area contributed by atoms with Crippen molar-refractivity contribution in [3.63, 3.8) is 0 Å². The first-order valence-electron chi connectivity index (χ1n) is 7.74. The molecule has 2 aliphatic rings. The monoisotopic (exact) mass is 893 g/mol. The molecule has 0 saturated heterocycles. The van der Waals surface area contributed by atoms with Gasteiger partial charge in [-0.1, -0.05) is 15.9 Å². The number of nitrogens with zero attached hydrogens (tertiary/aromatic N) is 2. The number of fused-ring (bicyclic) bond motifs is 4. The molecule has 1 amide bonds. The van der Waals surface area contributed by atoms with Crippen molar-refractivity contribution in [3.05, 3.63) is 59.0 Å². The number of amides is 1. The molecule has 0 saturated carbocycles. The zero-order chi connectivity index (χ0) is 20.9. The Balaban J connectivity index is 2.00. The van der Waals surface area contributed by atoms with Crippen LogP contribution in [0.2, 0.25) is 0 Å². The van der Waals surface area contributed by atoms with E-state index < -0.39 is 0 Å². The van der Waals surface area contributed by atoms with E-state index in [-0.39, 0.29) is 5.91 Å². The number of carbonyl (C=O) groups is 1. The SMILES string of the molecule is O=C1c2c(Br)c(Br)c(Br)c(Br)c2C2=Nc3c(Br)c(Br)cc4c(Br)cc(Br)c(c34)N12. The molecular formula is C18H2Br8N2O. The van der Waals surface area contributed by atoms with Crippen LogP contribution in [0.1, 0.15) is 15.9 Å². The minimum atomic E-state index is -0.145. The van der Waals surface area contributed by atoms with Crippen LogP contribution in [-0.4, -0.2) is 11.7 Å². The van der Waals surface area contributed by atoms with Gasteiger partial charge in [-0.05, 0) is 124 Å². The first-order chi connectivity index (χ1) is 13.6. The predicted octanol–water partition coefficient (Wildman–Crippen LogP) is 9.99. The average molecular weight is 901 g/mol. The van der Waals surface area contributed by atoms with Gasteiger partial charge < -0.3 is 0 Å². The van der Waals surface area contributed by atoms with E-state index >= 15 is 0 Å². The molecular weight excluding hydrogens is 899 g/mol. The van der Waals surface area contributed by atoms with E-state index in [0.29, 0.717) is 15.9 Å². The van der Waals surface area contributed by atoms with E-state index in [4.69, 9.17) is 4.99 Å². The van der Waals surface area contributed by atoms with Gasteiger partial charge in [0.25, 0.3) is 5.91 Å². The van der Waals surface area contributed by atoms with Crippen molar-refractivity contribution in [2.75, 3.05) is 4.90 Å². The zero-order valence-corrected chi connectivity index (χ0v) is 26.2. The largest absolute Gasteiger partial charge is 0.268 e. The summed E-state index contributed by atoms with van der Waals surface area (Å²) < 4.78 is 6.43. The maximum Gasteiger partial charge on any atom is 0.266 e. The molecule has 3 nitrogen and oxygen atoms in total. The van der Waals surface area contributed by atoms with Crippen LogP contribution in [0, 0.1) is 0 Å². The lowest BCUT2D eigenvalue weighted by molar-refractivity contribution is 0.101. The van der Waals surface area contributed by atoms with Crippen molar-refractivity contribution in [2.24, 2.45) is 4.99 Å². The number of benzene rings is 3. The Bertz CT molecular complexity index is 1360. The van der Waals surface area contributed by atoms with Crippen LogP contribution >= 0.6 is 127 Å². The Kier molecular flexibility index (Phi) is 5.59. The van der Waals surface area contributed by atoms with Gasteiger partial charge in [-0.2, -0.15) is 0 Å². The van der Waals surface area contributed by atoms with Gasteiger partial charge in [-0.3, -0.25) is 9.69 Å². The van der Waals surface area contributed by atoms with E-state index in [2.05, 4.69) is 127 Å². The molecule has 11 heteroatoms. The van der Waals surface area contributed by atoms with Gasteiger partial charge in [-0.25, -0.2) is 4.99 Å². The molecule has 0 aromatic heterocycles. The summed E-state index contributed by atoms with van der Waals surface area (Å²) in [6, 6.07) is 3.97. The van der Waals surface area contributed by atoms with Crippen molar-refractivity contribution in [1.82, 2.24) is 0 Å². The lowest BCUT2D eigenvalue weighted by atomic mass is 10.0. The zero-order valence-electron chi connectivity index (χ0n) is 13.5. The predicted molar refractivity (Wildman–Crippen MR) is 145 cm³/mol. The lowest BCUT2D eigenvalue weighted by Crippen LogP contribution is -2.32. The van der Waals surface area contributed by atoms with E-state index in [1.54, 1.807) is 4.90 Å². The molecule has 0 aliphatic carbocycles. The van der Waals surface area contributed by atoms with Crippen LogP contribution in [0.4, 0.5) is 11.4 Å². The van der Waals surface area contributed by atoms with Crippen molar-refractivity contribution >= 4 is 161 Å². The first-order valence-corrected chi connectivity index (χ1v) is 14.1. The Morgan fingerprint density at radius 2 is 1.31 bits per heavy atom. The minimum absolute atomic E-state index is 0.145. The average Bonchev–Trinajstić information content (AvgIpc) is 2.97. The van der Waals surface area contributed by atoms with E-state index in [0.717, 1.165) is 59.0 Å². The highest BCUT2D eigenvalue weighted by atomic mass is 79.9. The fourth-order valence-corrected chi connectivity index (χ4v) is 8.26. The van der Waals surface area contributed by atoms with Crippen LogP contribution in [0.25, 0.3) is 10.8 Å². The molecule has 29 heavy (non-hydrogen) atoms. The number of hydrogen-bond acceptors (Lipinski definition) is 2. The summed E-state index contributed by atoms with van der Waals surface area (Å²) in [6.45, 7) is 0. The number of halogens is 8. The number of hydrogen-bond donors (Lipinski definition) is 0. The molecule has 5 rings (SSSR count). The topological polar surface area (TPSA) is 32.7 Å². The van der Waals surface area contributed by atoms with Gasteiger partial charge in [0, 0.05) is 47.6 Å². The van der Waals surface area contributed by atoms with Crippen molar-refractivity contribution in [1.29, 1.82) is 0 Å².